The second-order valence-electron chi connectivity index (χ2n) is 8.22. The number of benzene rings is 2. The number of carbonyl (C=O) groups is 1. The number of hydrogen-bond donors (Lipinski definition) is 0. The van der Waals surface area contributed by atoms with Crippen LogP contribution in [0.4, 0.5) is 5.69 Å². The first-order valence-electron chi connectivity index (χ1n) is 10.7. The van der Waals surface area contributed by atoms with Gasteiger partial charge in [0.05, 0.1) is 17.1 Å². The Bertz CT molecular complexity index is 993. The van der Waals surface area contributed by atoms with Gasteiger partial charge in [-0.2, -0.15) is 4.31 Å². The summed E-state index contributed by atoms with van der Waals surface area (Å²) in [5, 5.41) is 0. The molecule has 166 valence electrons. The molecule has 0 spiro atoms. The van der Waals surface area contributed by atoms with Crippen molar-refractivity contribution in [1.29, 1.82) is 0 Å². The Labute approximate surface area is 184 Å². The van der Waals surface area contributed by atoms with Crippen molar-refractivity contribution < 1.29 is 17.9 Å². The molecular weight excluding hydrogens is 414 g/mol. The van der Waals surface area contributed by atoms with E-state index in [9.17, 15) is 13.2 Å². The summed E-state index contributed by atoms with van der Waals surface area (Å²) in [6, 6.07) is 16.5. The molecule has 4 rings (SSSR count). The maximum absolute atomic E-state index is 13.0. The van der Waals surface area contributed by atoms with Gasteiger partial charge in [0.15, 0.2) is 0 Å². The van der Waals surface area contributed by atoms with E-state index in [4.69, 9.17) is 4.74 Å². The zero-order valence-corrected chi connectivity index (χ0v) is 18.8. The highest BCUT2D eigenvalue weighted by Gasteiger charge is 2.32. The number of ether oxygens (including phenoxy) is 1. The van der Waals surface area contributed by atoms with E-state index in [1.165, 1.54) is 16.4 Å². The van der Waals surface area contributed by atoms with Crippen molar-refractivity contribution >= 4 is 21.6 Å². The number of morpholine rings is 1. The number of sulfonamides is 1. The zero-order valence-electron chi connectivity index (χ0n) is 18.0. The molecule has 2 aliphatic heterocycles. The van der Waals surface area contributed by atoms with Crippen molar-refractivity contribution in [2.45, 2.75) is 31.0 Å². The highest BCUT2D eigenvalue weighted by molar-refractivity contribution is 7.89. The van der Waals surface area contributed by atoms with E-state index < -0.39 is 10.0 Å². The van der Waals surface area contributed by atoms with Crippen LogP contribution < -0.4 is 4.90 Å². The van der Waals surface area contributed by atoms with Crippen LogP contribution in [0.5, 0.6) is 0 Å². The molecule has 2 aromatic carbocycles. The van der Waals surface area contributed by atoms with Crippen molar-refractivity contribution in [3.05, 3.63) is 60.2 Å². The molecule has 0 unspecified atom stereocenters. The Morgan fingerprint density at radius 2 is 1.45 bits per heavy atom. The number of hydrogen-bond acceptors (Lipinski definition) is 5. The van der Waals surface area contributed by atoms with Crippen LogP contribution in [-0.2, 0) is 14.8 Å². The van der Waals surface area contributed by atoms with Crippen molar-refractivity contribution in [3.8, 4) is 0 Å². The largest absolute Gasteiger partial charge is 0.373 e. The minimum Gasteiger partial charge on any atom is -0.373 e. The molecule has 0 N–H and O–H groups in total. The molecule has 2 aromatic rings. The third kappa shape index (κ3) is 4.76. The zero-order chi connectivity index (χ0) is 22.0. The minimum atomic E-state index is -3.61. The van der Waals surface area contributed by atoms with Crippen LogP contribution in [0.2, 0.25) is 0 Å². The number of nitrogens with zero attached hydrogens (tertiary/aromatic N) is 3. The summed E-state index contributed by atoms with van der Waals surface area (Å²) in [5.74, 6) is -0.0646. The first kappa shape index (κ1) is 21.8. The van der Waals surface area contributed by atoms with Crippen molar-refractivity contribution in [1.82, 2.24) is 9.21 Å². The van der Waals surface area contributed by atoms with Gasteiger partial charge in [-0.1, -0.05) is 18.2 Å². The third-order valence-electron chi connectivity index (χ3n) is 5.81. The molecule has 1 amide bonds. The van der Waals surface area contributed by atoms with E-state index >= 15 is 0 Å². The van der Waals surface area contributed by atoms with Gasteiger partial charge in [-0.05, 0) is 50.2 Å². The standard InChI is InChI=1S/C23H29N3O4S/c1-18-16-26(17-19(2)30-18)31(28,29)22-10-8-20(9-11-22)23(27)25-14-12-24(13-15-25)21-6-4-3-5-7-21/h3-11,18-19H,12-17H2,1-2H3/t18-,19-/m0/s1. The molecule has 2 heterocycles. The van der Waals surface area contributed by atoms with Gasteiger partial charge in [0, 0.05) is 50.5 Å². The Hall–Kier alpha value is -2.42. The van der Waals surface area contributed by atoms with Gasteiger partial charge in [0.2, 0.25) is 10.0 Å². The second-order valence-corrected chi connectivity index (χ2v) is 10.2. The van der Waals surface area contributed by atoms with Crippen LogP contribution in [0.1, 0.15) is 24.2 Å². The molecule has 0 aliphatic carbocycles. The molecule has 2 fully saturated rings. The van der Waals surface area contributed by atoms with Gasteiger partial charge in [0.1, 0.15) is 0 Å². The van der Waals surface area contributed by atoms with E-state index in [1.807, 2.05) is 36.9 Å². The number of rotatable bonds is 4. The topological polar surface area (TPSA) is 70.2 Å². The minimum absolute atomic E-state index is 0.0646. The van der Waals surface area contributed by atoms with Crippen LogP contribution in [-0.4, -0.2) is 75.0 Å². The van der Waals surface area contributed by atoms with Crippen molar-refractivity contribution in [2.24, 2.45) is 0 Å². The SMILES string of the molecule is C[C@H]1CN(S(=O)(=O)c2ccc(C(=O)N3CCN(c4ccccc4)CC3)cc2)C[C@H](C)O1. The fourth-order valence-electron chi connectivity index (χ4n) is 4.23. The number of para-hydroxylation sites is 1. The number of piperazine rings is 1. The molecule has 2 atom stereocenters. The molecule has 0 aromatic heterocycles. The van der Waals surface area contributed by atoms with E-state index in [0.29, 0.717) is 31.7 Å². The molecular formula is C23H29N3O4S. The summed E-state index contributed by atoms with van der Waals surface area (Å²) in [6.45, 7) is 7.23. The smallest absolute Gasteiger partial charge is 0.253 e. The Balaban J connectivity index is 1.41. The van der Waals surface area contributed by atoms with Crippen molar-refractivity contribution in [3.63, 3.8) is 0 Å². The summed E-state index contributed by atoms with van der Waals surface area (Å²) in [6.07, 6.45) is -0.289. The molecule has 0 bridgehead atoms. The number of carbonyl (C=O) groups excluding carboxylic acids is 1. The van der Waals surface area contributed by atoms with Gasteiger partial charge >= 0.3 is 0 Å². The molecule has 31 heavy (non-hydrogen) atoms. The quantitative estimate of drug-likeness (QED) is 0.726. The summed E-state index contributed by atoms with van der Waals surface area (Å²) in [7, 11) is -3.61. The van der Waals surface area contributed by atoms with E-state index in [0.717, 1.165) is 18.8 Å². The van der Waals surface area contributed by atoms with Crippen LogP contribution in [0.15, 0.2) is 59.5 Å². The Morgan fingerprint density at radius 3 is 2.03 bits per heavy atom. The summed E-state index contributed by atoms with van der Waals surface area (Å²) in [4.78, 5) is 17.2. The van der Waals surface area contributed by atoms with E-state index in [2.05, 4.69) is 17.0 Å². The average molecular weight is 444 g/mol. The Kier molecular flexibility index (Phi) is 6.31. The summed E-state index contributed by atoms with van der Waals surface area (Å²) in [5.41, 5.74) is 1.67. The lowest BCUT2D eigenvalue weighted by Gasteiger charge is -2.36. The van der Waals surface area contributed by atoms with Crippen LogP contribution >= 0.6 is 0 Å². The highest BCUT2D eigenvalue weighted by Crippen LogP contribution is 2.22. The van der Waals surface area contributed by atoms with Gasteiger partial charge < -0.3 is 14.5 Å². The molecule has 7 nitrogen and oxygen atoms in total. The predicted octanol–water partition coefficient (Wildman–Crippen LogP) is 2.45. The first-order valence-corrected chi connectivity index (χ1v) is 12.1. The Morgan fingerprint density at radius 1 is 0.871 bits per heavy atom. The predicted molar refractivity (Wildman–Crippen MR) is 120 cm³/mol. The van der Waals surface area contributed by atoms with Gasteiger partial charge in [0.25, 0.3) is 5.91 Å². The third-order valence-corrected chi connectivity index (χ3v) is 7.66. The molecule has 2 saturated heterocycles. The fraction of sp³-hybridized carbons (Fsp3) is 0.435. The lowest BCUT2D eigenvalue weighted by molar-refractivity contribution is -0.0440. The van der Waals surface area contributed by atoms with E-state index in [1.54, 1.807) is 12.1 Å². The van der Waals surface area contributed by atoms with Crippen LogP contribution in [0.25, 0.3) is 0 Å². The fourth-order valence-corrected chi connectivity index (χ4v) is 5.83. The van der Waals surface area contributed by atoms with Gasteiger partial charge in [-0.3, -0.25) is 4.79 Å². The normalized spacial score (nSPS) is 23.0. The highest BCUT2D eigenvalue weighted by atomic mass is 32.2. The van der Waals surface area contributed by atoms with E-state index in [-0.39, 0.29) is 23.0 Å². The van der Waals surface area contributed by atoms with Crippen molar-refractivity contribution in [2.75, 3.05) is 44.2 Å². The second kappa shape index (κ2) is 8.98. The number of amides is 1. The lowest BCUT2D eigenvalue weighted by atomic mass is 10.1. The van der Waals surface area contributed by atoms with Gasteiger partial charge in [-0.25, -0.2) is 8.42 Å². The van der Waals surface area contributed by atoms with Gasteiger partial charge in [-0.15, -0.1) is 0 Å². The monoisotopic (exact) mass is 443 g/mol. The average Bonchev–Trinajstić information content (AvgIpc) is 2.79. The maximum Gasteiger partial charge on any atom is 0.253 e. The molecule has 0 saturated carbocycles. The van der Waals surface area contributed by atoms with Crippen LogP contribution in [0, 0.1) is 0 Å². The number of anilines is 1. The first-order chi connectivity index (χ1) is 14.8. The summed E-state index contributed by atoms with van der Waals surface area (Å²) >= 11 is 0. The molecule has 0 radical (unpaired) electrons. The molecule has 2 aliphatic rings. The lowest BCUT2D eigenvalue weighted by Crippen LogP contribution is -2.48. The summed E-state index contributed by atoms with van der Waals surface area (Å²) < 4.78 is 33.1. The molecule has 8 heteroatoms. The maximum atomic E-state index is 13.0. The van der Waals surface area contributed by atoms with Crippen LogP contribution in [0.3, 0.4) is 0 Å².